The van der Waals surface area contributed by atoms with Gasteiger partial charge in [-0.25, -0.2) is 4.98 Å². The molecule has 1 N–H and O–H groups in total. The van der Waals surface area contributed by atoms with Gasteiger partial charge in [-0.1, -0.05) is 17.7 Å². The Morgan fingerprint density at radius 3 is 2.57 bits per heavy atom. The molecule has 0 spiro atoms. The number of aromatic nitrogens is 2. The van der Waals surface area contributed by atoms with E-state index >= 15 is 0 Å². The van der Waals surface area contributed by atoms with E-state index in [1.807, 2.05) is 31.2 Å². The predicted octanol–water partition coefficient (Wildman–Crippen LogP) is 1.61. The molecule has 0 bridgehead atoms. The summed E-state index contributed by atoms with van der Waals surface area (Å²) in [5.74, 6) is 0.699. The molecule has 1 aromatic heterocycles. The lowest BCUT2D eigenvalue weighted by atomic mass is 10.2. The average Bonchev–Trinajstić information content (AvgIpc) is 2.47. The predicted molar refractivity (Wildman–Crippen MR) is 80.7 cm³/mol. The summed E-state index contributed by atoms with van der Waals surface area (Å²) in [5.41, 5.74) is 2.33. The number of hydrogen-bond acceptors (Lipinski definition) is 4. The Hall–Kier alpha value is -2.14. The monoisotopic (exact) mass is 288 g/mol. The van der Waals surface area contributed by atoms with Crippen molar-refractivity contribution >= 4 is 0 Å². The molecule has 0 unspecified atom stereocenters. The average molecular weight is 288 g/mol. The van der Waals surface area contributed by atoms with Crippen LogP contribution < -0.4 is 10.3 Å². The minimum absolute atomic E-state index is 0.127. The molecule has 2 rings (SSSR count). The molecule has 2 aromatic rings. The van der Waals surface area contributed by atoms with Crippen LogP contribution in [0, 0.1) is 20.8 Å². The Morgan fingerprint density at radius 1 is 1.24 bits per heavy atom. The van der Waals surface area contributed by atoms with Gasteiger partial charge in [0.2, 0.25) is 0 Å². The fourth-order valence-corrected chi connectivity index (χ4v) is 1.91. The maximum Gasteiger partial charge on any atom is 0.256 e. The molecule has 0 saturated carbocycles. The smallest absolute Gasteiger partial charge is 0.256 e. The summed E-state index contributed by atoms with van der Waals surface area (Å²) in [6.07, 6.45) is 0.688. The number of ether oxygens (including phenoxy) is 1. The molecule has 0 radical (unpaired) electrons. The second kappa shape index (κ2) is 6.54. The van der Waals surface area contributed by atoms with Crippen LogP contribution in [0.1, 0.15) is 16.8 Å². The molecule has 5 heteroatoms. The first-order valence-corrected chi connectivity index (χ1v) is 6.87. The third-order valence-corrected chi connectivity index (χ3v) is 3.39. The molecular formula is C16H20N2O3. The summed E-state index contributed by atoms with van der Waals surface area (Å²) >= 11 is 0. The second-order valence-corrected chi connectivity index (χ2v) is 5.19. The van der Waals surface area contributed by atoms with Crippen LogP contribution in [-0.4, -0.2) is 27.4 Å². The van der Waals surface area contributed by atoms with Crippen molar-refractivity contribution in [2.24, 2.45) is 0 Å². The second-order valence-electron chi connectivity index (χ2n) is 5.19. The topological polar surface area (TPSA) is 64.3 Å². The maximum absolute atomic E-state index is 12.0. The van der Waals surface area contributed by atoms with Gasteiger partial charge in [0, 0.05) is 11.3 Å². The van der Waals surface area contributed by atoms with Gasteiger partial charge >= 0.3 is 0 Å². The SMILES string of the molecule is Cc1ccc(OC[C@@H](O)Cn2cnc(C)c(C)c2=O)cc1. The quantitative estimate of drug-likeness (QED) is 0.908. The number of aliphatic hydroxyl groups excluding tert-OH is 1. The Bertz CT molecular complexity index is 662. The molecule has 21 heavy (non-hydrogen) atoms. The van der Waals surface area contributed by atoms with Crippen molar-refractivity contribution in [3.8, 4) is 5.75 Å². The van der Waals surface area contributed by atoms with E-state index in [2.05, 4.69) is 4.98 Å². The highest BCUT2D eigenvalue weighted by Gasteiger charge is 2.10. The Kier molecular flexibility index (Phi) is 4.75. The lowest BCUT2D eigenvalue weighted by Crippen LogP contribution is -2.31. The third kappa shape index (κ3) is 3.92. The van der Waals surface area contributed by atoms with Crippen molar-refractivity contribution in [3.05, 3.63) is 57.8 Å². The number of rotatable bonds is 5. The zero-order valence-corrected chi connectivity index (χ0v) is 12.5. The third-order valence-electron chi connectivity index (χ3n) is 3.39. The van der Waals surface area contributed by atoms with Crippen LogP contribution in [-0.2, 0) is 6.54 Å². The molecule has 1 atom stereocenters. The van der Waals surface area contributed by atoms with Crippen molar-refractivity contribution in [1.29, 1.82) is 0 Å². The molecule has 0 aliphatic rings. The summed E-state index contributed by atoms with van der Waals surface area (Å²) in [6.45, 7) is 5.81. The van der Waals surface area contributed by atoms with Gasteiger partial charge in [0.25, 0.3) is 5.56 Å². The molecule has 5 nitrogen and oxygen atoms in total. The number of aliphatic hydroxyl groups is 1. The van der Waals surface area contributed by atoms with Crippen LogP contribution in [0.3, 0.4) is 0 Å². The highest BCUT2D eigenvalue weighted by molar-refractivity contribution is 5.26. The van der Waals surface area contributed by atoms with Crippen LogP contribution in [0.5, 0.6) is 5.75 Å². The van der Waals surface area contributed by atoms with Gasteiger partial charge in [-0.2, -0.15) is 0 Å². The lowest BCUT2D eigenvalue weighted by molar-refractivity contribution is 0.0912. The molecule has 0 amide bonds. The largest absolute Gasteiger partial charge is 0.491 e. The van der Waals surface area contributed by atoms with E-state index in [4.69, 9.17) is 4.74 Å². The van der Waals surface area contributed by atoms with Crippen molar-refractivity contribution < 1.29 is 9.84 Å². The molecule has 0 fully saturated rings. The van der Waals surface area contributed by atoms with E-state index in [9.17, 15) is 9.90 Å². The number of aryl methyl sites for hydroxylation is 2. The van der Waals surface area contributed by atoms with Crippen molar-refractivity contribution in [2.45, 2.75) is 33.4 Å². The molecule has 0 saturated heterocycles. The minimum atomic E-state index is -0.770. The summed E-state index contributed by atoms with van der Waals surface area (Å²) in [6, 6.07) is 7.59. The number of nitrogens with zero attached hydrogens (tertiary/aromatic N) is 2. The van der Waals surface area contributed by atoms with Gasteiger partial charge in [0.1, 0.15) is 18.5 Å². The zero-order chi connectivity index (χ0) is 15.4. The number of benzene rings is 1. The van der Waals surface area contributed by atoms with Crippen molar-refractivity contribution in [1.82, 2.24) is 9.55 Å². The van der Waals surface area contributed by atoms with Gasteiger partial charge in [-0.05, 0) is 32.9 Å². The first kappa shape index (κ1) is 15.3. The summed E-state index contributed by atoms with van der Waals surface area (Å²) in [7, 11) is 0. The summed E-state index contributed by atoms with van der Waals surface area (Å²) < 4.78 is 6.91. The minimum Gasteiger partial charge on any atom is -0.491 e. The first-order valence-electron chi connectivity index (χ1n) is 6.87. The lowest BCUT2D eigenvalue weighted by Gasteiger charge is -2.14. The number of hydrogen-bond donors (Lipinski definition) is 1. The molecule has 1 heterocycles. The van der Waals surface area contributed by atoms with Crippen LogP contribution in [0.2, 0.25) is 0 Å². The fraction of sp³-hybridized carbons (Fsp3) is 0.375. The van der Waals surface area contributed by atoms with E-state index in [1.54, 1.807) is 13.8 Å². The summed E-state index contributed by atoms with van der Waals surface area (Å²) in [5, 5.41) is 9.99. The molecular weight excluding hydrogens is 268 g/mol. The van der Waals surface area contributed by atoms with Gasteiger partial charge in [0.05, 0.1) is 12.9 Å². The Balaban J connectivity index is 1.96. The van der Waals surface area contributed by atoms with Gasteiger partial charge in [-0.15, -0.1) is 0 Å². The molecule has 0 aliphatic heterocycles. The van der Waals surface area contributed by atoms with E-state index in [0.29, 0.717) is 17.0 Å². The van der Waals surface area contributed by atoms with Crippen LogP contribution in [0.25, 0.3) is 0 Å². The summed E-state index contributed by atoms with van der Waals surface area (Å²) in [4.78, 5) is 16.1. The van der Waals surface area contributed by atoms with Gasteiger partial charge in [0.15, 0.2) is 0 Å². The van der Waals surface area contributed by atoms with Crippen LogP contribution >= 0.6 is 0 Å². The molecule has 112 valence electrons. The van der Waals surface area contributed by atoms with Gasteiger partial charge < -0.3 is 9.84 Å². The van der Waals surface area contributed by atoms with Crippen LogP contribution in [0.4, 0.5) is 0 Å². The highest BCUT2D eigenvalue weighted by Crippen LogP contribution is 2.11. The zero-order valence-electron chi connectivity index (χ0n) is 12.5. The van der Waals surface area contributed by atoms with Crippen molar-refractivity contribution in [2.75, 3.05) is 6.61 Å². The highest BCUT2D eigenvalue weighted by atomic mass is 16.5. The molecule has 0 aliphatic carbocycles. The normalized spacial score (nSPS) is 12.2. The Labute approximate surface area is 123 Å². The fourth-order valence-electron chi connectivity index (χ4n) is 1.91. The van der Waals surface area contributed by atoms with E-state index in [-0.39, 0.29) is 18.7 Å². The van der Waals surface area contributed by atoms with Crippen molar-refractivity contribution in [3.63, 3.8) is 0 Å². The van der Waals surface area contributed by atoms with E-state index in [1.165, 1.54) is 10.9 Å². The van der Waals surface area contributed by atoms with Gasteiger partial charge in [-0.3, -0.25) is 9.36 Å². The van der Waals surface area contributed by atoms with E-state index in [0.717, 1.165) is 5.56 Å². The Morgan fingerprint density at radius 2 is 1.90 bits per heavy atom. The van der Waals surface area contributed by atoms with E-state index < -0.39 is 6.10 Å². The standard InChI is InChI=1S/C16H20N2O3/c1-11-4-6-15(7-5-11)21-9-14(19)8-18-10-17-13(3)12(2)16(18)20/h4-7,10,14,19H,8-9H2,1-3H3/t14-/m0/s1. The maximum atomic E-state index is 12.0. The first-order chi connectivity index (χ1) is 9.97. The van der Waals surface area contributed by atoms with Crippen LogP contribution in [0.15, 0.2) is 35.4 Å². The molecule has 1 aromatic carbocycles.